The number of benzene rings is 2. The van der Waals surface area contributed by atoms with E-state index in [1.165, 1.54) is 0 Å². The van der Waals surface area contributed by atoms with Gasteiger partial charge in [0, 0.05) is 29.0 Å². The van der Waals surface area contributed by atoms with Gasteiger partial charge >= 0.3 is 0 Å². The normalized spacial score (nSPS) is 18.1. The van der Waals surface area contributed by atoms with Gasteiger partial charge in [0.25, 0.3) is 0 Å². The van der Waals surface area contributed by atoms with Crippen LogP contribution in [-0.4, -0.2) is 12.9 Å². The fourth-order valence-corrected chi connectivity index (χ4v) is 4.83. The van der Waals surface area contributed by atoms with Crippen molar-refractivity contribution in [2.45, 2.75) is 31.8 Å². The van der Waals surface area contributed by atoms with Crippen molar-refractivity contribution in [2.24, 2.45) is 5.73 Å². The van der Waals surface area contributed by atoms with E-state index in [9.17, 15) is 10.1 Å². The van der Waals surface area contributed by atoms with Gasteiger partial charge in [-0.05, 0) is 58.2 Å². The largest absolute Gasteiger partial charge is 0.496 e. The standard InChI is InChI=1S/C24H20BrClN2O4/c1-30-19-7-5-13(9-14(19)12-31-20-8-6-15(26)10-17(20)25)22-16(11-27)24(28)32-21-4-2-3-18(29)23(21)22/h5-10,22H,2-4,12,28H2,1H3/t22-/m0/s1. The molecule has 2 aromatic rings. The third kappa shape index (κ3) is 4.21. The summed E-state index contributed by atoms with van der Waals surface area (Å²) < 4.78 is 17.9. The molecule has 0 saturated heterocycles. The molecule has 2 N–H and O–H groups in total. The third-order valence-electron chi connectivity index (χ3n) is 5.52. The highest BCUT2D eigenvalue weighted by Gasteiger charge is 2.38. The van der Waals surface area contributed by atoms with Gasteiger partial charge in [0.15, 0.2) is 5.78 Å². The monoisotopic (exact) mass is 514 g/mol. The molecule has 6 nitrogen and oxygen atoms in total. The van der Waals surface area contributed by atoms with E-state index >= 15 is 0 Å². The first-order valence-electron chi connectivity index (χ1n) is 10.0. The number of carbonyl (C=O) groups excluding carboxylic acids is 1. The van der Waals surface area contributed by atoms with Gasteiger partial charge in [-0.15, -0.1) is 0 Å². The van der Waals surface area contributed by atoms with Gasteiger partial charge in [0.05, 0.1) is 17.5 Å². The number of halogens is 2. The Morgan fingerprint density at radius 1 is 1.25 bits per heavy atom. The van der Waals surface area contributed by atoms with Crippen LogP contribution < -0.4 is 15.2 Å². The molecule has 8 heteroatoms. The summed E-state index contributed by atoms with van der Waals surface area (Å²) in [7, 11) is 1.58. The lowest BCUT2D eigenvalue weighted by molar-refractivity contribution is -0.116. The Morgan fingerprint density at radius 3 is 2.75 bits per heavy atom. The smallest absolute Gasteiger partial charge is 0.205 e. The second-order valence-electron chi connectivity index (χ2n) is 7.47. The van der Waals surface area contributed by atoms with Crippen molar-refractivity contribution in [3.63, 3.8) is 0 Å². The second-order valence-corrected chi connectivity index (χ2v) is 8.76. The average Bonchev–Trinajstić information content (AvgIpc) is 2.77. The number of Topliss-reactive ketones (excluding diaryl/α,β-unsaturated/α-hetero) is 1. The Bertz CT molecular complexity index is 1200. The molecule has 1 aliphatic carbocycles. The second kappa shape index (κ2) is 9.27. The summed E-state index contributed by atoms with van der Waals surface area (Å²) in [5, 5.41) is 10.4. The molecular weight excluding hydrogens is 496 g/mol. The van der Waals surface area contributed by atoms with Crippen molar-refractivity contribution in [1.82, 2.24) is 0 Å². The van der Waals surface area contributed by atoms with Crippen LogP contribution in [0.2, 0.25) is 5.02 Å². The molecule has 32 heavy (non-hydrogen) atoms. The first-order valence-corrected chi connectivity index (χ1v) is 11.2. The van der Waals surface area contributed by atoms with Crippen LogP contribution in [0.1, 0.15) is 36.3 Å². The molecule has 0 fully saturated rings. The minimum Gasteiger partial charge on any atom is -0.496 e. The van der Waals surface area contributed by atoms with Crippen molar-refractivity contribution < 1.29 is 19.0 Å². The maximum atomic E-state index is 12.8. The number of ether oxygens (including phenoxy) is 3. The van der Waals surface area contributed by atoms with E-state index in [1.807, 2.05) is 12.1 Å². The fraction of sp³-hybridized carbons (Fsp3) is 0.250. The SMILES string of the molecule is COc1ccc([C@H]2C(C#N)=C(N)OC3=C2C(=O)CCC3)cc1COc1ccc(Cl)cc1Br. The first kappa shape index (κ1) is 22.3. The zero-order chi connectivity index (χ0) is 22.8. The number of allylic oxidation sites excluding steroid dienone is 3. The average molecular weight is 516 g/mol. The van der Waals surface area contributed by atoms with Crippen LogP contribution >= 0.6 is 27.5 Å². The predicted octanol–water partition coefficient (Wildman–Crippen LogP) is 5.50. The van der Waals surface area contributed by atoms with Crippen LogP contribution in [0.25, 0.3) is 0 Å². The van der Waals surface area contributed by atoms with Gasteiger partial charge in [-0.2, -0.15) is 5.26 Å². The van der Waals surface area contributed by atoms with Gasteiger partial charge in [0.2, 0.25) is 5.88 Å². The molecule has 1 heterocycles. The molecule has 0 bridgehead atoms. The summed E-state index contributed by atoms with van der Waals surface area (Å²) in [6.45, 7) is 0.210. The molecule has 4 rings (SSSR count). The van der Waals surface area contributed by atoms with Crippen LogP contribution in [0, 0.1) is 11.3 Å². The Morgan fingerprint density at radius 2 is 2.03 bits per heavy atom. The van der Waals surface area contributed by atoms with Crippen LogP contribution in [0.5, 0.6) is 11.5 Å². The molecule has 164 valence electrons. The van der Waals surface area contributed by atoms with Crippen molar-refractivity contribution in [3.8, 4) is 17.6 Å². The molecule has 0 amide bonds. The maximum absolute atomic E-state index is 12.8. The number of nitriles is 1. The number of hydrogen-bond acceptors (Lipinski definition) is 6. The van der Waals surface area contributed by atoms with Gasteiger partial charge in [0.1, 0.15) is 35.5 Å². The molecule has 2 aliphatic rings. The molecular formula is C24H20BrClN2O4. The quantitative estimate of drug-likeness (QED) is 0.565. The van der Waals surface area contributed by atoms with Crippen LogP contribution in [0.3, 0.4) is 0 Å². The molecule has 0 unspecified atom stereocenters. The van der Waals surface area contributed by atoms with E-state index in [-0.39, 0.29) is 23.8 Å². The number of nitrogens with zero attached hydrogens (tertiary/aromatic N) is 1. The lowest BCUT2D eigenvalue weighted by Gasteiger charge is -2.31. The molecule has 0 saturated carbocycles. The summed E-state index contributed by atoms with van der Waals surface area (Å²) in [5.41, 5.74) is 8.32. The Kier molecular flexibility index (Phi) is 6.45. The summed E-state index contributed by atoms with van der Waals surface area (Å²) in [6.07, 6.45) is 1.75. The van der Waals surface area contributed by atoms with Gasteiger partial charge < -0.3 is 19.9 Å². The summed E-state index contributed by atoms with van der Waals surface area (Å²) in [4.78, 5) is 12.8. The third-order valence-corrected chi connectivity index (χ3v) is 6.37. The lowest BCUT2D eigenvalue weighted by Crippen LogP contribution is -2.27. The Labute approximate surface area is 199 Å². The first-order chi connectivity index (χ1) is 15.4. The number of nitrogens with two attached hydrogens (primary N) is 1. The van der Waals surface area contributed by atoms with E-state index in [0.29, 0.717) is 47.1 Å². The highest BCUT2D eigenvalue weighted by molar-refractivity contribution is 9.10. The van der Waals surface area contributed by atoms with Crippen LogP contribution in [-0.2, 0) is 16.1 Å². The number of methoxy groups -OCH3 is 1. The maximum Gasteiger partial charge on any atom is 0.205 e. The number of hydrogen-bond donors (Lipinski definition) is 1. The predicted molar refractivity (Wildman–Crippen MR) is 123 cm³/mol. The van der Waals surface area contributed by atoms with Gasteiger partial charge in [-0.3, -0.25) is 4.79 Å². The zero-order valence-corrected chi connectivity index (χ0v) is 19.6. The molecule has 0 aromatic heterocycles. The van der Waals surface area contributed by atoms with Gasteiger partial charge in [-0.1, -0.05) is 17.7 Å². The van der Waals surface area contributed by atoms with E-state index < -0.39 is 5.92 Å². The summed E-state index contributed by atoms with van der Waals surface area (Å²) >= 11 is 9.45. The van der Waals surface area contributed by atoms with E-state index in [0.717, 1.165) is 15.6 Å². The fourth-order valence-electron chi connectivity index (χ4n) is 4.03. The van der Waals surface area contributed by atoms with E-state index in [4.69, 9.17) is 31.5 Å². The molecule has 2 aromatic carbocycles. The Balaban J connectivity index is 1.73. The van der Waals surface area contributed by atoms with Crippen molar-refractivity contribution in [1.29, 1.82) is 5.26 Å². The highest BCUT2D eigenvalue weighted by atomic mass is 79.9. The van der Waals surface area contributed by atoms with Crippen molar-refractivity contribution >= 4 is 33.3 Å². The van der Waals surface area contributed by atoms with E-state index in [1.54, 1.807) is 31.4 Å². The number of rotatable bonds is 5. The van der Waals surface area contributed by atoms with Crippen molar-refractivity contribution in [3.05, 3.63) is 79.8 Å². The van der Waals surface area contributed by atoms with Crippen LogP contribution in [0.15, 0.2) is 63.7 Å². The molecule has 0 spiro atoms. The summed E-state index contributed by atoms with van der Waals surface area (Å²) in [5.74, 6) is 1.26. The minimum atomic E-state index is -0.580. The lowest BCUT2D eigenvalue weighted by atomic mass is 9.77. The molecule has 1 atom stereocenters. The Hall–Kier alpha value is -2.95. The zero-order valence-electron chi connectivity index (χ0n) is 17.3. The van der Waals surface area contributed by atoms with Gasteiger partial charge in [-0.25, -0.2) is 0 Å². The molecule has 0 radical (unpaired) electrons. The van der Waals surface area contributed by atoms with Crippen LogP contribution in [0.4, 0.5) is 0 Å². The van der Waals surface area contributed by atoms with Crippen molar-refractivity contribution in [2.75, 3.05) is 7.11 Å². The highest BCUT2D eigenvalue weighted by Crippen LogP contribution is 2.44. The topological polar surface area (TPSA) is 94.6 Å². The number of ketones is 1. The minimum absolute atomic E-state index is 0.0183. The number of carbonyl (C=O) groups is 1. The summed E-state index contributed by atoms with van der Waals surface area (Å²) in [6, 6.07) is 12.9. The van der Waals surface area contributed by atoms with E-state index in [2.05, 4.69) is 22.0 Å². The molecule has 1 aliphatic heterocycles.